The van der Waals surface area contributed by atoms with Crippen LogP contribution in [-0.2, 0) is 22.7 Å². The minimum Gasteiger partial charge on any atom is -0.590 e. The lowest BCUT2D eigenvalue weighted by atomic mass is 10.3. The Hall–Kier alpha value is 0.160. The molecule has 11 heteroatoms. The minimum absolute atomic E-state index is 0.680. The second-order valence-corrected chi connectivity index (χ2v) is 5.00. The van der Waals surface area contributed by atoms with Crippen LogP contribution in [0, 0.1) is 0 Å². The molecule has 2 unspecified atom stereocenters. The molecule has 1 heterocycles. The average molecular weight is 261 g/mol. The number of hydrogen-bond donors (Lipinski definition) is 1. The first-order valence-electron chi connectivity index (χ1n) is 2.78. The molecule has 0 amide bonds. The average Bonchev–Trinajstić information content (AvgIpc) is 2.01. The van der Waals surface area contributed by atoms with E-state index in [9.17, 15) is 35.4 Å². The van der Waals surface area contributed by atoms with Crippen molar-refractivity contribution in [3.63, 3.8) is 0 Å². The van der Waals surface area contributed by atoms with Crippen molar-refractivity contribution in [1.29, 1.82) is 0 Å². The van der Waals surface area contributed by atoms with E-state index in [4.69, 9.17) is 0 Å². The van der Waals surface area contributed by atoms with E-state index in [1.807, 2.05) is 0 Å². The van der Waals surface area contributed by atoms with Crippen LogP contribution in [0.2, 0.25) is 0 Å². The van der Waals surface area contributed by atoms with E-state index in [0.717, 1.165) is 0 Å². The fourth-order valence-corrected chi connectivity index (χ4v) is 2.75. The van der Waals surface area contributed by atoms with Gasteiger partial charge in [-0.3, -0.25) is 0 Å². The van der Waals surface area contributed by atoms with Crippen LogP contribution in [0.5, 0.6) is 0 Å². The molecule has 0 bridgehead atoms. The first-order chi connectivity index (χ1) is 6.05. The highest BCUT2D eigenvalue weighted by Crippen LogP contribution is 2.53. The third-order valence-electron chi connectivity index (χ3n) is 1.35. The van der Waals surface area contributed by atoms with Gasteiger partial charge in [-0.05, 0) is 0 Å². The summed E-state index contributed by atoms with van der Waals surface area (Å²) in [5.74, 6) is -5.92. The van der Waals surface area contributed by atoms with E-state index in [0.29, 0.717) is 4.13 Å². The fourth-order valence-electron chi connectivity index (χ4n) is 0.576. The number of halogens is 6. The van der Waals surface area contributed by atoms with Crippen molar-refractivity contribution in [2.45, 2.75) is 16.4 Å². The molecule has 1 aliphatic heterocycles. The van der Waals surface area contributed by atoms with Crippen LogP contribution in [0.15, 0.2) is 0 Å². The van der Waals surface area contributed by atoms with Gasteiger partial charge in [-0.1, -0.05) is 0 Å². The van der Waals surface area contributed by atoms with E-state index in [1.54, 1.807) is 0 Å². The van der Waals surface area contributed by atoms with Gasteiger partial charge in [0.2, 0.25) is 0 Å². The SMILES string of the molecule is [O-][S+]1N[S+]([O-])C(F)(F)C(F)(F)C1(F)F. The number of rotatable bonds is 0. The van der Waals surface area contributed by atoms with Crippen molar-refractivity contribution in [3.05, 3.63) is 0 Å². The number of nitrogens with one attached hydrogen (secondary N) is 1. The first kappa shape index (κ1) is 12.2. The summed E-state index contributed by atoms with van der Waals surface area (Å²) in [5, 5.41) is -10.9. The monoisotopic (exact) mass is 261 g/mol. The Balaban J connectivity index is 3.17. The molecular weight excluding hydrogens is 260 g/mol. The van der Waals surface area contributed by atoms with E-state index in [2.05, 4.69) is 0 Å². The smallest absolute Gasteiger partial charge is 0.507 e. The molecule has 0 saturated carbocycles. The Bertz CT molecular complexity index is 227. The molecule has 2 atom stereocenters. The zero-order valence-electron chi connectivity index (χ0n) is 5.90. The molecule has 0 aliphatic carbocycles. The Kier molecular flexibility index (Phi) is 2.69. The van der Waals surface area contributed by atoms with Crippen LogP contribution >= 0.6 is 0 Å². The molecule has 1 N–H and O–H groups in total. The highest BCUT2D eigenvalue weighted by molar-refractivity contribution is 8.06. The third-order valence-corrected chi connectivity index (χ3v) is 4.00. The topological polar surface area (TPSA) is 58.1 Å². The van der Waals surface area contributed by atoms with Crippen molar-refractivity contribution in [2.75, 3.05) is 0 Å². The molecular formula is C3HF6NO2S2. The molecule has 3 nitrogen and oxygen atoms in total. The molecule has 0 spiro atoms. The first-order valence-corrected chi connectivity index (χ1v) is 5.08. The van der Waals surface area contributed by atoms with Crippen LogP contribution < -0.4 is 4.13 Å². The van der Waals surface area contributed by atoms with E-state index in [-0.39, 0.29) is 0 Å². The molecule has 0 aromatic rings. The summed E-state index contributed by atoms with van der Waals surface area (Å²) in [6.45, 7) is 0. The van der Waals surface area contributed by atoms with Gasteiger partial charge >= 0.3 is 16.4 Å². The molecule has 1 fully saturated rings. The lowest BCUT2D eigenvalue weighted by molar-refractivity contribution is -0.246. The van der Waals surface area contributed by atoms with Crippen LogP contribution in [0.25, 0.3) is 0 Å². The Labute approximate surface area is 79.5 Å². The summed E-state index contributed by atoms with van der Waals surface area (Å²) in [7, 11) is 0. The highest BCUT2D eigenvalue weighted by atomic mass is 32.3. The van der Waals surface area contributed by atoms with Crippen molar-refractivity contribution < 1.29 is 35.4 Å². The van der Waals surface area contributed by atoms with Gasteiger partial charge < -0.3 is 9.11 Å². The molecule has 1 aliphatic rings. The van der Waals surface area contributed by atoms with Gasteiger partial charge in [-0.25, -0.2) is 0 Å². The standard InChI is InChI=1S/C3HF6NO2S2/c4-1(5)2(6,7)13(11)10-14(12)3(1,8)9/h10H. The molecule has 1 saturated heterocycles. The third kappa shape index (κ3) is 1.30. The summed E-state index contributed by atoms with van der Waals surface area (Å²) in [6.07, 6.45) is 0. The van der Waals surface area contributed by atoms with Crippen molar-refractivity contribution in [3.8, 4) is 0 Å². The zero-order valence-corrected chi connectivity index (χ0v) is 7.53. The van der Waals surface area contributed by atoms with E-state index >= 15 is 0 Å². The fraction of sp³-hybridized carbons (Fsp3) is 1.00. The summed E-state index contributed by atoms with van der Waals surface area (Å²) in [6, 6.07) is 0. The zero-order chi connectivity index (χ0) is 11.4. The molecule has 0 aromatic heterocycles. The van der Waals surface area contributed by atoms with Crippen molar-refractivity contribution in [2.24, 2.45) is 0 Å². The molecule has 84 valence electrons. The van der Waals surface area contributed by atoms with Gasteiger partial charge in [0.25, 0.3) is 0 Å². The number of alkyl halides is 6. The van der Waals surface area contributed by atoms with Gasteiger partial charge in [0.1, 0.15) is 0 Å². The summed E-state index contributed by atoms with van der Waals surface area (Å²) in [5.41, 5.74) is 0. The lowest BCUT2D eigenvalue weighted by Gasteiger charge is -2.35. The van der Waals surface area contributed by atoms with Gasteiger partial charge in [0, 0.05) is 4.13 Å². The van der Waals surface area contributed by atoms with Crippen LogP contribution in [-0.4, -0.2) is 25.5 Å². The molecule has 0 aromatic carbocycles. The van der Waals surface area contributed by atoms with E-state index in [1.165, 1.54) is 0 Å². The predicted octanol–water partition coefficient (Wildman–Crippen LogP) is 0.738. The van der Waals surface area contributed by atoms with Crippen LogP contribution in [0.1, 0.15) is 0 Å². The largest absolute Gasteiger partial charge is 0.590 e. The Morgan fingerprint density at radius 3 is 1.36 bits per heavy atom. The minimum atomic E-state index is -5.92. The Morgan fingerprint density at radius 1 is 0.786 bits per heavy atom. The summed E-state index contributed by atoms with van der Waals surface area (Å²) in [4.78, 5) is 0. The molecule has 14 heavy (non-hydrogen) atoms. The summed E-state index contributed by atoms with van der Waals surface area (Å²) < 4.78 is 95.2. The normalized spacial score (nSPS) is 39.4. The van der Waals surface area contributed by atoms with Crippen molar-refractivity contribution in [1.82, 2.24) is 4.13 Å². The highest BCUT2D eigenvalue weighted by Gasteiger charge is 2.89. The maximum Gasteiger partial charge on any atom is 0.507 e. The van der Waals surface area contributed by atoms with Gasteiger partial charge in [-0.15, -0.1) is 17.6 Å². The van der Waals surface area contributed by atoms with Gasteiger partial charge in [0.05, 0.1) is 0 Å². The van der Waals surface area contributed by atoms with Gasteiger partial charge in [0.15, 0.2) is 22.7 Å². The van der Waals surface area contributed by atoms with Gasteiger partial charge in [-0.2, -0.15) is 8.78 Å². The second kappa shape index (κ2) is 3.07. The maximum absolute atomic E-state index is 12.3. The number of hydrogen-bond acceptors (Lipinski definition) is 3. The summed E-state index contributed by atoms with van der Waals surface area (Å²) >= 11 is -7.62. The maximum atomic E-state index is 12.3. The van der Waals surface area contributed by atoms with Crippen LogP contribution in [0.3, 0.4) is 0 Å². The predicted molar refractivity (Wildman–Crippen MR) is 34.3 cm³/mol. The van der Waals surface area contributed by atoms with Crippen LogP contribution in [0.4, 0.5) is 26.3 Å². The van der Waals surface area contributed by atoms with E-state index < -0.39 is 39.2 Å². The molecule has 0 radical (unpaired) electrons. The van der Waals surface area contributed by atoms with Crippen molar-refractivity contribution >= 4 is 22.7 Å². The molecule has 1 rings (SSSR count). The second-order valence-electron chi connectivity index (χ2n) is 2.23. The lowest BCUT2D eigenvalue weighted by Crippen LogP contribution is -2.70. The Morgan fingerprint density at radius 2 is 1.07 bits per heavy atom. The quantitative estimate of drug-likeness (QED) is 0.517.